The first-order chi connectivity index (χ1) is 14.9. The number of hydrogen-bond donors (Lipinski definition) is 2. The molecule has 0 radical (unpaired) electrons. The standard InChI is InChI=1S/C22H26N2O6S/c1-15(21(26)24-16-7-6-8-17(13-16)29-3)30-22(27)18-9-4-5-10-19(18)31-14-20(25)23-11-12-28-2/h4-10,13,15H,11-12,14H2,1-3H3,(H,23,25)(H,24,26). The van der Waals surface area contributed by atoms with Gasteiger partial charge in [-0.15, -0.1) is 11.8 Å². The first kappa shape index (κ1) is 24.2. The molecular weight excluding hydrogens is 420 g/mol. The van der Waals surface area contributed by atoms with E-state index in [-0.39, 0.29) is 11.7 Å². The normalized spacial score (nSPS) is 11.3. The molecule has 0 aliphatic carbocycles. The molecule has 0 saturated heterocycles. The molecule has 0 saturated carbocycles. The number of esters is 1. The molecule has 0 fully saturated rings. The minimum Gasteiger partial charge on any atom is -0.497 e. The van der Waals surface area contributed by atoms with Gasteiger partial charge in [-0.3, -0.25) is 9.59 Å². The second-order valence-corrected chi connectivity index (χ2v) is 7.41. The van der Waals surface area contributed by atoms with Gasteiger partial charge in [-0.05, 0) is 31.2 Å². The minimum atomic E-state index is -1.02. The van der Waals surface area contributed by atoms with Gasteiger partial charge in [0.1, 0.15) is 5.75 Å². The largest absolute Gasteiger partial charge is 0.497 e. The summed E-state index contributed by atoms with van der Waals surface area (Å²) in [6, 6.07) is 13.6. The van der Waals surface area contributed by atoms with E-state index in [1.165, 1.54) is 25.8 Å². The number of hydrogen-bond acceptors (Lipinski definition) is 7. The Morgan fingerprint density at radius 2 is 1.84 bits per heavy atom. The number of benzene rings is 2. The van der Waals surface area contributed by atoms with E-state index in [9.17, 15) is 14.4 Å². The van der Waals surface area contributed by atoms with Gasteiger partial charge in [0.2, 0.25) is 5.91 Å². The predicted octanol–water partition coefficient (Wildman–Crippen LogP) is 2.73. The van der Waals surface area contributed by atoms with Crippen LogP contribution in [0.1, 0.15) is 17.3 Å². The fourth-order valence-electron chi connectivity index (χ4n) is 2.47. The van der Waals surface area contributed by atoms with Crippen LogP contribution < -0.4 is 15.4 Å². The lowest BCUT2D eigenvalue weighted by Crippen LogP contribution is -2.30. The van der Waals surface area contributed by atoms with Crippen LogP contribution in [-0.4, -0.2) is 57.0 Å². The Morgan fingerprint density at radius 3 is 2.58 bits per heavy atom. The second kappa shape index (κ2) is 12.6. The van der Waals surface area contributed by atoms with Crippen molar-refractivity contribution in [3.05, 3.63) is 54.1 Å². The Balaban J connectivity index is 1.94. The van der Waals surface area contributed by atoms with Gasteiger partial charge in [-0.25, -0.2) is 4.79 Å². The number of nitrogens with one attached hydrogen (secondary N) is 2. The second-order valence-electron chi connectivity index (χ2n) is 6.40. The molecular formula is C22H26N2O6S. The highest BCUT2D eigenvalue weighted by Gasteiger charge is 2.21. The zero-order valence-electron chi connectivity index (χ0n) is 17.7. The van der Waals surface area contributed by atoms with Crippen LogP contribution in [0.3, 0.4) is 0 Å². The summed E-state index contributed by atoms with van der Waals surface area (Å²) in [4.78, 5) is 37.5. The number of carbonyl (C=O) groups excluding carboxylic acids is 3. The van der Waals surface area contributed by atoms with E-state index >= 15 is 0 Å². The molecule has 0 aromatic heterocycles. The lowest BCUT2D eigenvalue weighted by molar-refractivity contribution is -0.123. The van der Waals surface area contributed by atoms with Crippen LogP contribution >= 0.6 is 11.8 Å². The van der Waals surface area contributed by atoms with E-state index in [4.69, 9.17) is 14.2 Å². The minimum absolute atomic E-state index is 0.139. The number of amides is 2. The van der Waals surface area contributed by atoms with Crippen LogP contribution in [0.2, 0.25) is 0 Å². The number of methoxy groups -OCH3 is 2. The zero-order chi connectivity index (χ0) is 22.6. The molecule has 9 heteroatoms. The zero-order valence-corrected chi connectivity index (χ0v) is 18.5. The molecule has 2 rings (SSSR count). The molecule has 0 aliphatic rings. The molecule has 0 bridgehead atoms. The van der Waals surface area contributed by atoms with Gasteiger partial charge in [0, 0.05) is 30.3 Å². The van der Waals surface area contributed by atoms with Gasteiger partial charge in [0.25, 0.3) is 5.91 Å². The third-order valence-corrected chi connectivity index (χ3v) is 5.16. The van der Waals surface area contributed by atoms with E-state index in [0.29, 0.717) is 35.0 Å². The lowest BCUT2D eigenvalue weighted by Gasteiger charge is -2.15. The average Bonchev–Trinajstić information content (AvgIpc) is 2.78. The van der Waals surface area contributed by atoms with Crippen molar-refractivity contribution in [2.45, 2.75) is 17.9 Å². The Hall–Kier alpha value is -3.04. The maximum absolute atomic E-state index is 12.6. The summed E-state index contributed by atoms with van der Waals surface area (Å²) in [5.74, 6) is -0.545. The maximum atomic E-state index is 12.6. The van der Waals surface area contributed by atoms with Crippen LogP contribution in [0.4, 0.5) is 5.69 Å². The molecule has 0 heterocycles. The summed E-state index contributed by atoms with van der Waals surface area (Å²) in [7, 11) is 3.09. The number of anilines is 1. The number of thioether (sulfide) groups is 1. The van der Waals surface area contributed by atoms with Crippen molar-refractivity contribution in [2.24, 2.45) is 0 Å². The SMILES string of the molecule is COCCNC(=O)CSc1ccccc1C(=O)OC(C)C(=O)Nc1cccc(OC)c1. The fraction of sp³-hybridized carbons (Fsp3) is 0.318. The number of carbonyl (C=O) groups is 3. The molecule has 0 aliphatic heterocycles. The van der Waals surface area contributed by atoms with Gasteiger partial charge in [-0.2, -0.15) is 0 Å². The topological polar surface area (TPSA) is 103 Å². The van der Waals surface area contributed by atoms with E-state index in [0.717, 1.165) is 0 Å². The van der Waals surface area contributed by atoms with Crippen molar-refractivity contribution in [2.75, 3.05) is 38.4 Å². The van der Waals surface area contributed by atoms with Crippen molar-refractivity contribution >= 4 is 35.2 Å². The van der Waals surface area contributed by atoms with E-state index in [2.05, 4.69) is 10.6 Å². The highest BCUT2D eigenvalue weighted by Crippen LogP contribution is 2.24. The van der Waals surface area contributed by atoms with Crippen LogP contribution in [-0.2, 0) is 19.1 Å². The van der Waals surface area contributed by atoms with Gasteiger partial charge < -0.3 is 24.8 Å². The van der Waals surface area contributed by atoms with Crippen LogP contribution in [0.5, 0.6) is 5.75 Å². The predicted molar refractivity (Wildman–Crippen MR) is 119 cm³/mol. The van der Waals surface area contributed by atoms with E-state index in [1.807, 2.05) is 0 Å². The third-order valence-electron chi connectivity index (χ3n) is 4.08. The first-order valence-electron chi connectivity index (χ1n) is 9.58. The Labute approximate surface area is 185 Å². The molecule has 1 unspecified atom stereocenters. The third kappa shape index (κ3) is 7.95. The van der Waals surface area contributed by atoms with Crippen LogP contribution in [0.15, 0.2) is 53.4 Å². The van der Waals surface area contributed by atoms with Gasteiger partial charge in [0.05, 0.1) is 25.0 Å². The molecule has 2 aromatic carbocycles. The molecule has 2 amide bonds. The smallest absolute Gasteiger partial charge is 0.340 e. The fourth-order valence-corrected chi connectivity index (χ4v) is 3.34. The lowest BCUT2D eigenvalue weighted by atomic mass is 10.2. The van der Waals surface area contributed by atoms with Crippen molar-refractivity contribution < 1.29 is 28.6 Å². The molecule has 1 atom stereocenters. The summed E-state index contributed by atoms with van der Waals surface area (Å²) in [5, 5.41) is 5.41. The first-order valence-corrected chi connectivity index (χ1v) is 10.6. The van der Waals surface area contributed by atoms with E-state index < -0.39 is 18.0 Å². The highest BCUT2D eigenvalue weighted by molar-refractivity contribution is 8.00. The Bertz CT molecular complexity index is 905. The summed E-state index contributed by atoms with van der Waals surface area (Å²) >= 11 is 1.22. The van der Waals surface area contributed by atoms with Gasteiger partial charge in [-0.1, -0.05) is 18.2 Å². The quantitative estimate of drug-likeness (QED) is 0.311. The molecule has 2 aromatic rings. The summed E-state index contributed by atoms with van der Waals surface area (Å²) in [5.41, 5.74) is 0.820. The van der Waals surface area contributed by atoms with Gasteiger partial charge in [0.15, 0.2) is 6.10 Å². The summed E-state index contributed by atoms with van der Waals surface area (Å²) in [6.07, 6.45) is -1.02. The summed E-state index contributed by atoms with van der Waals surface area (Å²) in [6.45, 7) is 2.33. The molecule has 31 heavy (non-hydrogen) atoms. The number of rotatable bonds is 11. The molecule has 166 valence electrons. The van der Waals surface area contributed by atoms with Crippen LogP contribution in [0.25, 0.3) is 0 Å². The van der Waals surface area contributed by atoms with Crippen molar-refractivity contribution in [1.82, 2.24) is 5.32 Å². The Kier molecular flexibility index (Phi) is 9.86. The average molecular weight is 447 g/mol. The maximum Gasteiger partial charge on any atom is 0.340 e. The highest BCUT2D eigenvalue weighted by atomic mass is 32.2. The van der Waals surface area contributed by atoms with Crippen molar-refractivity contribution in [1.29, 1.82) is 0 Å². The van der Waals surface area contributed by atoms with E-state index in [1.54, 1.807) is 55.6 Å². The van der Waals surface area contributed by atoms with Crippen LogP contribution in [0, 0.1) is 0 Å². The molecule has 8 nitrogen and oxygen atoms in total. The van der Waals surface area contributed by atoms with Crippen molar-refractivity contribution in [3.8, 4) is 5.75 Å². The van der Waals surface area contributed by atoms with Crippen molar-refractivity contribution in [3.63, 3.8) is 0 Å². The summed E-state index contributed by atoms with van der Waals surface area (Å²) < 4.78 is 15.4. The molecule has 2 N–H and O–H groups in total. The monoisotopic (exact) mass is 446 g/mol. The van der Waals surface area contributed by atoms with Gasteiger partial charge >= 0.3 is 5.97 Å². The number of ether oxygens (including phenoxy) is 3. The Morgan fingerprint density at radius 1 is 1.06 bits per heavy atom. The molecule has 0 spiro atoms.